The van der Waals surface area contributed by atoms with Gasteiger partial charge in [0, 0.05) is 28.8 Å². The van der Waals surface area contributed by atoms with Crippen molar-refractivity contribution in [3.8, 4) is 5.75 Å². The fourth-order valence-corrected chi connectivity index (χ4v) is 2.92. The summed E-state index contributed by atoms with van der Waals surface area (Å²) < 4.78 is 5.93. The van der Waals surface area contributed by atoms with Crippen LogP contribution in [0.5, 0.6) is 5.75 Å². The maximum Gasteiger partial charge on any atom is 0.259 e. The third-order valence-corrected chi connectivity index (χ3v) is 4.36. The zero-order chi connectivity index (χ0) is 17.8. The molecule has 0 saturated carbocycles. The first-order valence-corrected chi connectivity index (χ1v) is 8.61. The van der Waals surface area contributed by atoms with E-state index < -0.39 is 5.91 Å². The Morgan fingerprint density at radius 1 is 1.12 bits per heavy atom. The summed E-state index contributed by atoms with van der Waals surface area (Å²) in [5.41, 5.74) is 1.15. The molecule has 130 valence electrons. The van der Waals surface area contributed by atoms with Crippen LogP contribution in [0.4, 0.5) is 5.69 Å². The molecule has 2 N–H and O–H groups in total. The SMILES string of the molecule is O=C(Nc1cccc(C(=O)N2CCOCC2)c1)c1ccc(Br)cc1O. The lowest BCUT2D eigenvalue weighted by atomic mass is 10.1. The number of nitrogens with one attached hydrogen (secondary N) is 1. The third-order valence-electron chi connectivity index (χ3n) is 3.87. The summed E-state index contributed by atoms with van der Waals surface area (Å²) in [6.07, 6.45) is 0. The van der Waals surface area contributed by atoms with Crippen LogP contribution in [0.1, 0.15) is 20.7 Å². The molecule has 2 aromatic rings. The number of nitrogens with zero attached hydrogens (tertiary/aromatic N) is 1. The van der Waals surface area contributed by atoms with Crippen LogP contribution in [0.3, 0.4) is 0 Å². The minimum Gasteiger partial charge on any atom is -0.507 e. The lowest BCUT2D eigenvalue weighted by Gasteiger charge is -2.27. The van der Waals surface area contributed by atoms with E-state index in [1.54, 1.807) is 35.2 Å². The molecule has 3 rings (SSSR count). The molecule has 0 unspecified atom stereocenters. The Hall–Kier alpha value is -2.38. The summed E-state index contributed by atoms with van der Waals surface area (Å²) in [5, 5.41) is 12.6. The summed E-state index contributed by atoms with van der Waals surface area (Å²) in [5.74, 6) is -0.653. The van der Waals surface area contributed by atoms with Crippen molar-refractivity contribution in [2.45, 2.75) is 0 Å². The number of morpholine rings is 1. The van der Waals surface area contributed by atoms with E-state index in [1.165, 1.54) is 12.1 Å². The highest BCUT2D eigenvalue weighted by Crippen LogP contribution is 2.23. The Labute approximate surface area is 153 Å². The molecule has 0 aromatic heterocycles. The number of amides is 2. The quantitative estimate of drug-likeness (QED) is 0.823. The van der Waals surface area contributed by atoms with Crippen LogP contribution in [0.25, 0.3) is 0 Å². The zero-order valence-corrected chi connectivity index (χ0v) is 15.0. The molecular weight excluding hydrogens is 388 g/mol. The lowest BCUT2D eigenvalue weighted by molar-refractivity contribution is 0.0303. The highest BCUT2D eigenvalue weighted by Gasteiger charge is 2.19. The predicted molar refractivity (Wildman–Crippen MR) is 96.9 cm³/mol. The second-order valence-electron chi connectivity index (χ2n) is 5.60. The number of aromatic hydroxyl groups is 1. The number of carbonyl (C=O) groups excluding carboxylic acids is 2. The van der Waals surface area contributed by atoms with Gasteiger partial charge in [-0.05, 0) is 36.4 Å². The standard InChI is InChI=1S/C18H17BrN2O4/c19-13-4-5-15(16(22)11-13)17(23)20-14-3-1-2-12(10-14)18(24)21-6-8-25-9-7-21/h1-5,10-11,22H,6-9H2,(H,20,23). The van der Waals surface area contributed by atoms with Crippen molar-refractivity contribution >= 4 is 33.4 Å². The van der Waals surface area contributed by atoms with Crippen LogP contribution < -0.4 is 5.32 Å². The van der Waals surface area contributed by atoms with Gasteiger partial charge in [0.25, 0.3) is 11.8 Å². The molecule has 1 fully saturated rings. The number of carbonyl (C=O) groups is 2. The van der Waals surface area contributed by atoms with Gasteiger partial charge in [-0.25, -0.2) is 0 Å². The number of ether oxygens (including phenoxy) is 1. The van der Waals surface area contributed by atoms with E-state index >= 15 is 0 Å². The zero-order valence-electron chi connectivity index (χ0n) is 13.4. The average Bonchev–Trinajstić information content (AvgIpc) is 2.62. The van der Waals surface area contributed by atoms with Crippen LogP contribution >= 0.6 is 15.9 Å². The molecule has 0 bridgehead atoms. The second kappa shape index (κ2) is 7.67. The van der Waals surface area contributed by atoms with Crippen LogP contribution in [0.15, 0.2) is 46.9 Å². The molecule has 2 amide bonds. The fraction of sp³-hybridized carbons (Fsp3) is 0.222. The van der Waals surface area contributed by atoms with Gasteiger partial charge in [-0.1, -0.05) is 22.0 Å². The Morgan fingerprint density at radius 3 is 2.60 bits per heavy atom. The summed E-state index contributed by atoms with van der Waals surface area (Å²) >= 11 is 3.23. The van der Waals surface area contributed by atoms with E-state index in [9.17, 15) is 14.7 Å². The van der Waals surface area contributed by atoms with Crippen molar-refractivity contribution in [1.82, 2.24) is 4.90 Å². The number of anilines is 1. The number of phenols is 1. The maximum absolute atomic E-state index is 12.5. The number of phenolic OH excluding ortho intramolecular Hbond substituents is 1. The Kier molecular flexibility index (Phi) is 5.35. The number of halogens is 1. The summed E-state index contributed by atoms with van der Waals surface area (Å²) in [4.78, 5) is 26.6. The molecule has 6 nitrogen and oxygen atoms in total. The van der Waals surface area contributed by atoms with Gasteiger partial charge in [-0.15, -0.1) is 0 Å². The van der Waals surface area contributed by atoms with Gasteiger partial charge in [-0.2, -0.15) is 0 Å². The third kappa shape index (κ3) is 4.18. The lowest BCUT2D eigenvalue weighted by Crippen LogP contribution is -2.40. The second-order valence-corrected chi connectivity index (χ2v) is 6.52. The minimum atomic E-state index is -0.444. The largest absolute Gasteiger partial charge is 0.507 e. The smallest absolute Gasteiger partial charge is 0.259 e. The summed E-state index contributed by atoms with van der Waals surface area (Å²) in [7, 11) is 0. The topological polar surface area (TPSA) is 78.9 Å². The Morgan fingerprint density at radius 2 is 1.88 bits per heavy atom. The number of rotatable bonds is 3. The van der Waals surface area contributed by atoms with Crippen molar-refractivity contribution in [3.63, 3.8) is 0 Å². The van der Waals surface area contributed by atoms with Crippen LogP contribution in [0, 0.1) is 0 Å². The van der Waals surface area contributed by atoms with Gasteiger partial charge in [0.05, 0.1) is 18.8 Å². The number of benzene rings is 2. The minimum absolute atomic E-state index is 0.0918. The van der Waals surface area contributed by atoms with Crippen molar-refractivity contribution < 1.29 is 19.4 Å². The fourth-order valence-electron chi connectivity index (χ4n) is 2.57. The van der Waals surface area contributed by atoms with E-state index in [4.69, 9.17) is 4.74 Å². The highest BCUT2D eigenvalue weighted by atomic mass is 79.9. The van der Waals surface area contributed by atoms with Crippen LogP contribution in [0.2, 0.25) is 0 Å². The maximum atomic E-state index is 12.5. The number of hydrogen-bond acceptors (Lipinski definition) is 4. The summed E-state index contributed by atoms with van der Waals surface area (Å²) in [6, 6.07) is 11.4. The van der Waals surface area contributed by atoms with E-state index in [0.717, 1.165) is 0 Å². The van der Waals surface area contributed by atoms with E-state index in [0.29, 0.717) is 42.0 Å². The molecule has 25 heavy (non-hydrogen) atoms. The molecule has 1 heterocycles. The van der Waals surface area contributed by atoms with Crippen molar-refractivity contribution in [2.75, 3.05) is 31.6 Å². The molecule has 7 heteroatoms. The van der Waals surface area contributed by atoms with Gasteiger partial charge >= 0.3 is 0 Å². The molecule has 0 radical (unpaired) electrons. The van der Waals surface area contributed by atoms with Crippen LogP contribution in [-0.4, -0.2) is 48.1 Å². The van der Waals surface area contributed by atoms with E-state index in [2.05, 4.69) is 21.2 Å². The molecule has 0 spiro atoms. The molecule has 0 atom stereocenters. The van der Waals surface area contributed by atoms with Gasteiger partial charge in [0.2, 0.25) is 0 Å². The Bertz CT molecular complexity index is 803. The first-order chi connectivity index (χ1) is 12.0. The summed E-state index contributed by atoms with van der Waals surface area (Å²) in [6.45, 7) is 2.18. The first kappa shape index (κ1) is 17.4. The normalized spacial score (nSPS) is 14.2. The Balaban J connectivity index is 1.75. The molecule has 0 aliphatic carbocycles. The van der Waals surface area contributed by atoms with Gasteiger partial charge in [0.15, 0.2) is 0 Å². The van der Waals surface area contributed by atoms with Crippen molar-refractivity contribution in [3.05, 3.63) is 58.1 Å². The average molecular weight is 405 g/mol. The predicted octanol–water partition coefficient (Wildman–Crippen LogP) is 2.88. The van der Waals surface area contributed by atoms with Crippen LogP contribution in [-0.2, 0) is 4.74 Å². The van der Waals surface area contributed by atoms with E-state index in [-0.39, 0.29) is 17.2 Å². The number of hydrogen-bond donors (Lipinski definition) is 2. The molecule has 1 aliphatic rings. The van der Waals surface area contributed by atoms with Crippen molar-refractivity contribution in [1.29, 1.82) is 0 Å². The molecule has 1 aliphatic heterocycles. The van der Waals surface area contributed by atoms with E-state index in [1.807, 2.05) is 0 Å². The molecule has 2 aromatic carbocycles. The van der Waals surface area contributed by atoms with Gasteiger partial charge in [-0.3, -0.25) is 9.59 Å². The molecule has 1 saturated heterocycles. The molecular formula is C18H17BrN2O4. The highest BCUT2D eigenvalue weighted by molar-refractivity contribution is 9.10. The van der Waals surface area contributed by atoms with Crippen molar-refractivity contribution in [2.24, 2.45) is 0 Å². The first-order valence-electron chi connectivity index (χ1n) is 7.81. The van der Waals surface area contributed by atoms with Gasteiger partial charge in [0.1, 0.15) is 5.75 Å². The van der Waals surface area contributed by atoms with Gasteiger partial charge < -0.3 is 20.1 Å². The monoisotopic (exact) mass is 404 g/mol.